The highest BCUT2D eigenvalue weighted by atomic mass is 16.4. The van der Waals surface area contributed by atoms with Crippen molar-refractivity contribution >= 4 is 12.0 Å². The number of amides is 2. The average molecular weight is 274 g/mol. The first kappa shape index (κ1) is 15.7. The first-order valence-electron chi connectivity index (χ1n) is 6.46. The minimum atomic E-state index is -0.945. The van der Waals surface area contributed by atoms with E-state index in [0.29, 0.717) is 12.8 Å². The second kappa shape index (κ2) is 6.72. The molecule has 1 fully saturated rings. The number of carboxylic acids is 1. The van der Waals surface area contributed by atoms with Gasteiger partial charge in [-0.1, -0.05) is 6.42 Å². The molecule has 0 spiro atoms. The van der Waals surface area contributed by atoms with E-state index in [1.807, 2.05) is 0 Å². The zero-order valence-corrected chi connectivity index (χ0v) is 11.1. The fraction of sp³-hybridized carbons (Fsp3) is 0.833. The fourth-order valence-corrected chi connectivity index (χ4v) is 2.45. The Labute approximate surface area is 112 Å². The molecule has 0 heterocycles. The Morgan fingerprint density at radius 2 is 1.89 bits per heavy atom. The van der Waals surface area contributed by atoms with E-state index in [1.54, 1.807) is 6.92 Å². The van der Waals surface area contributed by atoms with Gasteiger partial charge in [-0.25, -0.2) is 4.79 Å². The van der Waals surface area contributed by atoms with Crippen molar-refractivity contribution in [1.82, 2.24) is 10.2 Å². The lowest BCUT2D eigenvalue weighted by atomic mass is 9.85. The Kier molecular flexibility index (Phi) is 5.56. The molecule has 0 aromatic rings. The number of carbonyl (C=O) groups is 2. The van der Waals surface area contributed by atoms with Crippen LogP contribution < -0.4 is 5.32 Å². The molecule has 1 aliphatic carbocycles. The molecular weight excluding hydrogens is 252 g/mol. The highest BCUT2D eigenvalue weighted by Gasteiger charge is 2.46. The van der Waals surface area contributed by atoms with E-state index >= 15 is 0 Å². The number of aliphatic hydroxyl groups is 2. The van der Waals surface area contributed by atoms with E-state index in [2.05, 4.69) is 5.32 Å². The Balaban J connectivity index is 2.66. The molecule has 2 unspecified atom stereocenters. The first-order chi connectivity index (χ1) is 8.95. The molecule has 4 N–H and O–H groups in total. The van der Waals surface area contributed by atoms with Crippen LogP contribution in [0.1, 0.15) is 26.2 Å². The third-order valence-corrected chi connectivity index (χ3v) is 3.77. The van der Waals surface area contributed by atoms with Gasteiger partial charge in [0.15, 0.2) is 0 Å². The molecule has 0 radical (unpaired) electrons. The topological polar surface area (TPSA) is 110 Å². The fourth-order valence-electron chi connectivity index (χ4n) is 2.45. The van der Waals surface area contributed by atoms with Crippen LogP contribution in [0.25, 0.3) is 0 Å². The Morgan fingerprint density at radius 3 is 2.37 bits per heavy atom. The van der Waals surface area contributed by atoms with Crippen LogP contribution in [0.15, 0.2) is 0 Å². The molecule has 2 amide bonds. The van der Waals surface area contributed by atoms with Gasteiger partial charge in [-0.2, -0.15) is 0 Å². The summed E-state index contributed by atoms with van der Waals surface area (Å²) < 4.78 is 0. The van der Waals surface area contributed by atoms with Crippen molar-refractivity contribution in [3.05, 3.63) is 0 Å². The summed E-state index contributed by atoms with van der Waals surface area (Å²) >= 11 is 0. The smallest absolute Gasteiger partial charge is 0.317 e. The molecule has 7 heteroatoms. The third kappa shape index (κ3) is 3.57. The molecule has 1 saturated carbocycles. The summed E-state index contributed by atoms with van der Waals surface area (Å²) in [6, 6.07) is -0.861. The lowest BCUT2D eigenvalue weighted by molar-refractivity contribution is -0.148. The Hall–Kier alpha value is -1.34. The monoisotopic (exact) mass is 274 g/mol. The van der Waals surface area contributed by atoms with Crippen LogP contribution in [0.3, 0.4) is 0 Å². The van der Waals surface area contributed by atoms with Crippen LogP contribution >= 0.6 is 0 Å². The van der Waals surface area contributed by atoms with Gasteiger partial charge in [-0.15, -0.1) is 0 Å². The standard InChI is InChI=1S/C12H22N2O5/c1-12(10(17)18)4-2-3-9(12)13-11(19)14(5-7-15)6-8-16/h9,15-16H,2-8H2,1H3,(H,13,19)(H,17,18). The second-order valence-corrected chi connectivity index (χ2v) is 5.05. The number of nitrogens with zero attached hydrogens (tertiary/aromatic N) is 1. The van der Waals surface area contributed by atoms with E-state index < -0.39 is 23.5 Å². The van der Waals surface area contributed by atoms with Gasteiger partial charge in [0.05, 0.1) is 18.6 Å². The Bertz CT molecular complexity index is 330. The molecule has 1 rings (SSSR count). The maximum Gasteiger partial charge on any atom is 0.317 e. The summed E-state index contributed by atoms with van der Waals surface area (Å²) in [6.07, 6.45) is 1.92. The molecule has 7 nitrogen and oxygen atoms in total. The number of aliphatic carboxylic acids is 1. The minimum absolute atomic E-state index is 0.114. The van der Waals surface area contributed by atoms with Crippen molar-refractivity contribution in [2.75, 3.05) is 26.3 Å². The molecule has 2 atom stereocenters. The predicted molar refractivity (Wildman–Crippen MR) is 67.7 cm³/mol. The van der Waals surface area contributed by atoms with Gasteiger partial charge in [0.1, 0.15) is 0 Å². The number of hydrogen-bond acceptors (Lipinski definition) is 4. The van der Waals surface area contributed by atoms with Gasteiger partial charge in [0.25, 0.3) is 0 Å². The van der Waals surface area contributed by atoms with Gasteiger partial charge < -0.3 is 25.5 Å². The quantitative estimate of drug-likeness (QED) is 0.528. The van der Waals surface area contributed by atoms with Crippen molar-refractivity contribution in [2.45, 2.75) is 32.2 Å². The summed E-state index contributed by atoms with van der Waals surface area (Å²) in [5, 5.41) is 29.7. The number of carboxylic acid groups (broad SMARTS) is 1. The SMILES string of the molecule is CC1(C(=O)O)CCCC1NC(=O)N(CCO)CCO. The van der Waals surface area contributed by atoms with Crippen LogP contribution in [0.4, 0.5) is 4.79 Å². The lowest BCUT2D eigenvalue weighted by Crippen LogP contribution is -2.52. The molecule has 0 aromatic carbocycles. The number of rotatable bonds is 6. The average Bonchev–Trinajstić information content (AvgIpc) is 2.72. The van der Waals surface area contributed by atoms with Gasteiger partial charge in [-0.3, -0.25) is 4.79 Å². The van der Waals surface area contributed by atoms with Crippen molar-refractivity contribution in [2.24, 2.45) is 5.41 Å². The Morgan fingerprint density at radius 1 is 1.32 bits per heavy atom. The molecule has 0 saturated heterocycles. The normalized spacial score (nSPS) is 26.2. The van der Waals surface area contributed by atoms with Crippen LogP contribution in [0, 0.1) is 5.41 Å². The van der Waals surface area contributed by atoms with Crippen LogP contribution in [0.5, 0.6) is 0 Å². The molecule has 19 heavy (non-hydrogen) atoms. The number of carbonyl (C=O) groups excluding carboxylic acids is 1. The van der Waals surface area contributed by atoms with Crippen LogP contribution in [0.2, 0.25) is 0 Å². The molecule has 0 bridgehead atoms. The van der Waals surface area contributed by atoms with Crippen molar-refractivity contribution in [3.8, 4) is 0 Å². The summed E-state index contributed by atoms with van der Waals surface area (Å²) in [7, 11) is 0. The largest absolute Gasteiger partial charge is 0.481 e. The second-order valence-electron chi connectivity index (χ2n) is 5.05. The molecule has 0 aromatic heterocycles. The van der Waals surface area contributed by atoms with Gasteiger partial charge >= 0.3 is 12.0 Å². The number of hydrogen-bond donors (Lipinski definition) is 4. The summed E-state index contributed by atoms with van der Waals surface area (Å²) in [4.78, 5) is 24.6. The van der Waals surface area contributed by atoms with E-state index in [9.17, 15) is 14.7 Å². The lowest BCUT2D eigenvalue weighted by Gasteiger charge is -2.30. The van der Waals surface area contributed by atoms with Gasteiger partial charge in [-0.05, 0) is 19.8 Å². The van der Waals surface area contributed by atoms with E-state index in [-0.39, 0.29) is 26.3 Å². The van der Waals surface area contributed by atoms with Gasteiger partial charge in [0.2, 0.25) is 0 Å². The van der Waals surface area contributed by atoms with E-state index in [4.69, 9.17) is 10.2 Å². The van der Waals surface area contributed by atoms with Crippen LogP contribution in [-0.4, -0.2) is 64.6 Å². The minimum Gasteiger partial charge on any atom is -0.481 e. The summed E-state index contributed by atoms with van der Waals surface area (Å²) in [6.45, 7) is 1.46. The number of aliphatic hydroxyl groups excluding tert-OH is 2. The van der Waals surface area contributed by atoms with Crippen molar-refractivity contribution in [1.29, 1.82) is 0 Å². The number of nitrogens with one attached hydrogen (secondary N) is 1. The van der Waals surface area contributed by atoms with Gasteiger partial charge in [0, 0.05) is 19.1 Å². The van der Waals surface area contributed by atoms with E-state index in [1.165, 1.54) is 4.90 Å². The highest BCUT2D eigenvalue weighted by molar-refractivity contribution is 5.79. The maximum absolute atomic E-state index is 12.0. The molecule has 110 valence electrons. The van der Waals surface area contributed by atoms with Crippen LogP contribution in [-0.2, 0) is 4.79 Å². The molecule has 1 aliphatic rings. The summed E-state index contributed by atoms with van der Waals surface area (Å²) in [5.41, 5.74) is -0.945. The number of urea groups is 1. The zero-order chi connectivity index (χ0) is 14.5. The molecule has 0 aliphatic heterocycles. The maximum atomic E-state index is 12.0. The van der Waals surface area contributed by atoms with E-state index in [0.717, 1.165) is 6.42 Å². The third-order valence-electron chi connectivity index (χ3n) is 3.77. The zero-order valence-electron chi connectivity index (χ0n) is 11.1. The summed E-state index contributed by atoms with van der Waals surface area (Å²) in [5.74, 6) is -0.911. The molecular formula is C12H22N2O5. The van der Waals surface area contributed by atoms with Crippen molar-refractivity contribution < 1.29 is 24.9 Å². The predicted octanol–water partition coefficient (Wildman–Crippen LogP) is -0.374. The highest BCUT2D eigenvalue weighted by Crippen LogP contribution is 2.38. The van der Waals surface area contributed by atoms with Crippen molar-refractivity contribution in [3.63, 3.8) is 0 Å². The first-order valence-corrected chi connectivity index (χ1v) is 6.46.